The van der Waals surface area contributed by atoms with Crippen molar-refractivity contribution in [1.82, 2.24) is 5.32 Å². The van der Waals surface area contributed by atoms with Crippen LogP contribution in [0.25, 0.3) is 0 Å². The average molecular weight is 362 g/mol. The smallest absolute Gasteiger partial charge is 0.150 e. The van der Waals surface area contributed by atoms with Crippen molar-refractivity contribution in [3.63, 3.8) is 0 Å². The van der Waals surface area contributed by atoms with E-state index in [9.17, 15) is 21.0 Å². The van der Waals surface area contributed by atoms with Gasteiger partial charge in [-0.1, -0.05) is 46.5 Å². The Labute approximate surface area is 161 Å². The summed E-state index contributed by atoms with van der Waals surface area (Å²) in [5.41, 5.74) is 4.62. The standard InChI is InChI=1S/C21H26N6/c1-4-6-8-19(3)13-20(9-7-5-2)16(12-24)17(26)21(19,14-25)18(27-20)15(10-22)11-23/h27H,4-9,13,26H2,1-3H3. The SMILES string of the molecule is CCCCC12CC(C)(CCCC)C(C#N)(C(N)=C1C#N)C(=C(C#N)C#N)N2. The Morgan fingerprint density at radius 1 is 1.07 bits per heavy atom. The van der Waals surface area contributed by atoms with Gasteiger partial charge >= 0.3 is 0 Å². The molecule has 1 aliphatic carbocycles. The molecule has 0 aromatic heterocycles. The van der Waals surface area contributed by atoms with Crippen molar-refractivity contribution >= 4 is 0 Å². The quantitative estimate of drug-likeness (QED) is 0.692. The molecule has 0 saturated carbocycles. The van der Waals surface area contributed by atoms with Gasteiger partial charge < -0.3 is 11.1 Å². The zero-order chi connectivity index (χ0) is 20.3. The molecule has 3 rings (SSSR count). The average Bonchev–Trinajstić information content (AvgIpc) is 2.66. The number of nitrogens with one attached hydrogen (secondary N) is 1. The fraction of sp³-hybridized carbons (Fsp3) is 0.619. The predicted octanol–water partition coefficient (Wildman–Crippen LogP) is 3.67. The molecular formula is C21H26N6. The van der Waals surface area contributed by atoms with Crippen molar-refractivity contribution in [2.24, 2.45) is 16.6 Å². The Balaban J connectivity index is 2.91. The van der Waals surface area contributed by atoms with Gasteiger partial charge in [0.05, 0.1) is 34.6 Å². The predicted molar refractivity (Wildman–Crippen MR) is 101 cm³/mol. The van der Waals surface area contributed by atoms with Crippen LogP contribution in [0.15, 0.2) is 22.5 Å². The van der Waals surface area contributed by atoms with Crippen LogP contribution in [0.2, 0.25) is 0 Å². The van der Waals surface area contributed by atoms with Crippen molar-refractivity contribution in [1.29, 1.82) is 21.0 Å². The number of nitriles is 4. The summed E-state index contributed by atoms with van der Waals surface area (Å²) in [6.45, 7) is 6.17. The Bertz CT molecular complexity index is 839. The van der Waals surface area contributed by atoms with Crippen LogP contribution in [0.1, 0.15) is 65.7 Å². The second kappa shape index (κ2) is 7.34. The van der Waals surface area contributed by atoms with E-state index < -0.39 is 16.4 Å². The first-order chi connectivity index (χ1) is 12.9. The third kappa shape index (κ3) is 2.65. The van der Waals surface area contributed by atoms with Gasteiger partial charge in [-0.25, -0.2) is 0 Å². The van der Waals surface area contributed by atoms with E-state index in [1.807, 2.05) is 19.1 Å². The van der Waals surface area contributed by atoms with Crippen LogP contribution in [-0.2, 0) is 0 Å². The molecule has 6 nitrogen and oxygen atoms in total. The lowest BCUT2D eigenvalue weighted by Crippen LogP contribution is -2.68. The summed E-state index contributed by atoms with van der Waals surface area (Å²) in [4.78, 5) is 0. The largest absolute Gasteiger partial charge is 0.400 e. The number of nitrogens with two attached hydrogens (primary N) is 1. The number of piperidine rings is 1. The first-order valence-corrected chi connectivity index (χ1v) is 9.51. The summed E-state index contributed by atoms with van der Waals surface area (Å²) in [7, 11) is 0. The van der Waals surface area contributed by atoms with Crippen molar-refractivity contribution in [2.75, 3.05) is 0 Å². The van der Waals surface area contributed by atoms with Gasteiger partial charge in [-0.15, -0.1) is 0 Å². The van der Waals surface area contributed by atoms with Crippen LogP contribution in [-0.4, -0.2) is 5.54 Å². The summed E-state index contributed by atoms with van der Waals surface area (Å²) in [6, 6.07) is 8.43. The van der Waals surface area contributed by atoms with E-state index in [2.05, 4.69) is 31.3 Å². The maximum atomic E-state index is 10.3. The Morgan fingerprint density at radius 3 is 2.15 bits per heavy atom. The molecule has 0 aromatic rings. The molecule has 3 atom stereocenters. The van der Waals surface area contributed by atoms with Crippen LogP contribution in [0.5, 0.6) is 0 Å². The van der Waals surface area contributed by atoms with Gasteiger partial charge in [0, 0.05) is 5.41 Å². The van der Waals surface area contributed by atoms with E-state index in [0.29, 0.717) is 18.4 Å². The first kappa shape index (κ1) is 20.4. The highest BCUT2D eigenvalue weighted by molar-refractivity contribution is 5.61. The minimum Gasteiger partial charge on any atom is -0.400 e. The van der Waals surface area contributed by atoms with Crippen LogP contribution >= 0.6 is 0 Å². The number of allylic oxidation sites excluding steroid dienone is 1. The molecule has 27 heavy (non-hydrogen) atoms. The molecular weight excluding hydrogens is 336 g/mol. The van der Waals surface area contributed by atoms with Gasteiger partial charge in [0.25, 0.3) is 0 Å². The molecule has 2 heterocycles. The van der Waals surface area contributed by atoms with Gasteiger partial charge in [-0.3, -0.25) is 0 Å². The van der Waals surface area contributed by atoms with E-state index in [-0.39, 0.29) is 17.0 Å². The lowest BCUT2D eigenvalue weighted by Gasteiger charge is -2.61. The molecule has 1 saturated heterocycles. The molecule has 0 amide bonds. The van der Waals surface area contributed by atoms with Crippen LogP contribution in [0.3, 0.4) is 0 Å². The molecule has 0 spiro atoms. The summed E-state index contributed by atoms with van der Waals surface area (Å²) >= 11 is 0. The second-order valence-corrected chi connectivity index (χ2v) is 7.89. The highest BCUT2D eigenvalue weighted by Crippen LogP contribution is 2.64. The van der Waals surface area contributed by atoms with Crippen molar-refractivity contribution < 1.29 is 0 Å². The zero-order valence-corrected chi connectivity index (χ0v) is 16.3. The minimum atomic E-state index is -1.36. The van der Waals surface area contributed by atoms with E-state index in [0.717, 1.165) is 32.1 Å². The Morgan fingerprint density at radius 2 is 1.67 bits per heavy atom. The Hall–Kier alpha value is -2.96. The maximum Gasteiger partial charge on any atom is 0.150 e. The maximum absolute atomic E-state index is 10.3. The van der Waals surface area contributed by atoms with Crippen molar-refractivity contribution in [3.8, 4) is 24.3 Å². The van der Waals surface area contributed by atoms with Crippen LogP contribution in [0.4, 0.5) is 0 Å². The minimum absolute atomic E-state index is 0.125. The fourth-order valence-corrected chi connectivity index (χ4v) is 4.94. The van der Waals surface area contributed by atoms with E-state index in [4.69, 9.17) is 5.73 Å². The molecule has 3 N–H and O–H groups in total. The zero-order valence-electron chi connectivity index (χ0n) is 16.3. The van der Waals surface area contributed by atoms with Gasteiger partial charge in [-0.05, 0) is 19.3 Å². The second-order valence-electron chi connectivity index (χ2n) is 7.89. The normalized spacial score (nSPS) is 31.3. The molecule has 3 unspecified atom stereocenters. The number of rotatable bonds is 6. The molecule has 0 radical (unpaired) electrons. The fourth-order valence-electron chi connectivity index (χ4n) is 4.94. The summed E-state index contributed by atoms with van der Waals surface area (Å²) in [5, 5.41) is 42.5. The third-order valence-electron chi connectivity index (χ3n) is 6.28. The van der Waals surface area contributed by atoms with E-state index >= 15 is 0 Å². The third-order valence-corrected chi connectivity index (χ3v) is 6.28. The molecule has 140 valence electrons. The highest BCUT2D eigenvalue weighted by Gasteiger charge is 2.67. The first-order valence-electron chi connectivity index (χ1n) is 9.51. The highest BCUT2D eigenvalue weighted by atomic mass is 15.1. The van der Waals surface area contributed by atoms with Crippen LogP contribution < -0.4 is 11.1 Å². The molecule has 2 aliphatic heterocycles. The number of nitrogens with zero attached hydrogens (tertiary/aromatic N) is 4. The van der Waals surface area contributed by atoms with Crippen molar-refractivity contribution in [2.45, 2.75) is 71.3 Å². The van der Waals surface area contributed by atoms with Gasteiger partial charge in [0.15, 0.2) is 5.57 Å². The molecule has 2 bridgehead atoms. The monoisotopic (exact) mass is 362 g/mol. The van der Waals surface area contributed by atoms with Gasteiger partial charge in [0.1, 0.15) is 17.6 Å². The summed E-state index contributed by atoms with van der Waals surface area (Å²) in [6.07, 6.45) is 5.68. The molecule has 0 aromatic carbocycles. The Kier molecular flexibility index (Phi) is 5.54. The van der Waals surface area contributed by atoms with Gasteiger partial charge in [0.2, 0.25) is 0 Å². The molecule has 1 fully saturated rings. The lowest BCUT2D eigenvalue weighted by molar-refractivity contribution is 0.0355. The topological polar surface area (TPSA) is 133 Å². The van der Waals surface area contributed by atoms with Crippen LogP contribution in [0, 0.1) is 56.2 Å². The van der Waals surface area contributed by atoms with Crippen molar-refractivity contribution in [3.05, 3.63) is 22.5 Å². The number of hydrogen-bond donors (Lipinski definition) is 2. The summed E-state index contributed by atoms with van der Waals surface area (Å²) in [5.74, 6) is 0. The van der Waals surface area contributed by atoms with E-state index in [1.165, 1.54) is 0 Å². The molecule has 3 aliphatic rings. The number of hydrogen-bond acceptors (Lipinski definition) is 6. The number of unbranched alkanes of at least 4 members (excludes halogenated alkanes) is 2. The van der Waals surface area contributed by atoms with E-state index in [1.54, 1.807) is 0 Å². The molecule has 6 heteroatoms. The lowest BCUT2D eigenvalue weighted by atomic mass is 9.46. The number of fused-ring (bicyclic) bond motifs is 2. The summed E-state index contributed by atoms with van der Waals surface area (Å²) < 4.78 is 0. The van der Waals surface area contributed by atoms with Gasteiger partial charge in [-0.2, -0.15) is 21.0 Å².